The van der Waals surface area contributed by atoms with Gasteiger partial charge in [-0.2, -0.15) is 0 Å². The first-order chi connectivity index (χ1) is 13.6. The number of benzene rings is 1. The Bertz CT molecular complexity index is 839. The van der Waals surface area contributed by atoms with Crippen LogP contribution < -0.4 is 20.3 Å². The quantitative estimate of drug-likeness (QED) is 0.265. The van der Waals surface area contributed by atoms with Gasteiger partial charge in [-0.25, -0.2) is 18.2 Å². The maximum atomic E-state index is 13.9. The van der Waals surface area contributed by atoms with Gasteiger partial charge in [0.2, 0.25) is 0 Å². The van der Waals surface area contributed by atoms with Gasteiger partial charge in [0.1, 0.15) is 12.4 Å². The Morgan fingerprint density at radius 2 is 2.10 bits per heavy atom. The van der Waals surface area contributed by atoms with Gasteiger partial charge in [-0.05, 0) is 30.7 Å². The number of rotatable bonds is 6. The third-order valence-corrected chi connectivity index (χ3v) is 4.34. The number of halogens is 4. The number of aliphatic imine (C=N–C) groups is 1. The molecular weight excluding hydrogens is 498 g/mol. The summed E-state index contributed by atoms with van der Waals surface area (Å²) in [6, 6.07) is 6.22. The van der Waals surface area contributed by atoms with Crippen molar-refractivity contribution < 1.29 is 17.9 Å². The van der Waals surface area contributed by atoms with E-state index in [2.05, 4.69) is 20.6 Å². The van der Waals surface area contributed by atoms with E-state index in [0.29, 0.717) is 31.4 Å². The summed E-state index contributed by atoms with van der Waals surface area (Å²) in [5, 5.41) is 6.34. The van der Waals surface area contributed by atoms with Crippen LogP contribution in [0.4, 0.5) is 19.0 Å². The Morgan fingerprint density at radius 3 is 2.83 bits per heavy atom. The van der Waals surface area contributed by atoms with E-state index in [1.165, 1.54) is 12.1 Å². The molecule has 1 saturated heterocycles. The molecule has 0 bridgehead atoms. The number of ether oxygens (including phenoxy) is 1. The fourth-order valence-electron chi connectivity index (χ4n) is 2.99. The van der Waals surface area contributed by atoms with Crippen LogP contribution in [-0.2, 0) is 0 Å². The summed E-state index contributed by atoms with van der Waals surface area (Å²) in [4.78, 5) is 10.1. The molecule has 0 radical (unpaired) electrons. The number of nitrogens with zero attached hydrogens (tertiary/aromatic N) is 3. The Labute approximate surface area is 184 Å². The molecule has 2 heterocycles. The molecule has 0 saturated carbocycles. The molecule has 0 aliphatic carbocycles. The lowest BCUT2D eigenvalue weighted by Crippen LogP contribution is -2.45. The topological polar surface area (TPSA) is 61.8 Å². The SMILES string of the molecule is CN=C(NCCOc1ccc(F)cc1F)NC1CCN(c2ncccc2F)C1.I. The van der Waals surface area contributed by atoms with E-state index < -0.39 is 11.6 Å². The number of guanidine groups is 1. The molecule has 10 heteroatoms. The maximum absolute atomic E-state index is 13.9. The highest BCUT2D eigenvalue weighted by atomic mass is 127. The molecule has 1 aliphatic rings. The number of nitrogens with one attached hydrogen (secondary N) is 2. The molecule has 1 aromatic heterocycles. The molecule has 2 aromatic rings. The van der Waals surface area contributed by atoms with E-state index in [1.807, 2.05) is 4.90 Å². The zero-order chi connectivity index (χ0) is 19.9. The molecule has 1 unspecified atom stereocenters. The maximum Gasteiger partial charge on any atom is 0.191 e. The molecule has 158 valence electrons. The summed E-state index contributed by atoms with van der Waals surface area (Å²) in [5.74, 6) is -0.814. The first-order valence-corrected chi connectivity index (χ1v) is 8.97. The van der Waals surface area contributed by atoms with E-state index in [-0.39, 0.29) is 48.2 Å². The van der Waals surface area contributed by atoms with Crippen molar-refractivity contribution in [3.8, 4) is 5.75 Å². The standard InChI is InChI=1S/C19H22F3N5O.HI/c1-23-19(25-8-10-28-17-5-4-13(20)11-16(17)22)26-14-6-9-27(12-14)18-15(21)3-2-7-24-18;/h2-5,7,11,14H,6,8-10,12H2,1H3,(H2,23,25,26);1H. The smallest absolute Gasteiger partial charge is 0.191 e. The van der Waals surface area contributed by atoms with E-state index in [9.17, 15) is 13.2 Å². The van der Waals surface area contributed by atoms with Crippen molar-refractivity contribution in [2.75, 3.05) is 38.2 Å². The van der Waals surface area contributed by atoms with Crippen LogP contribution in [0.1, 0.15) is 6.42 Å². The van der Waals surface area contributed by atoms with Gasteiger partial charge in [0.05, 0.1) is 6.54 Å². The van der Waals surface area contributed by atoms with E-state index in [1.54, 1.807) is 19.3 Å². The van der Waals surface area contributed by atoms with E-state index in [0.717, 1.165) is 18.6 Å². The van der Waals surface area contributed by atoms with Crippen molar-refractivity contribution in [3.05, 3.63) is 54.0 Å². The van der Waals surface area contributed by atoms with Crippen molar-refractivity contribution in [3.63, 3.8) is 0 Å². The largest absolute Gasteiger partial charge is 0.489 e. The minimum atomic E-state index is -0.740. The minimum Gasteiger partial charge on any atom is -0.489 e. The summed E-state index contributed by atoms with van der Waals surface area (Å²) < 4.78 is 45.6. The third-order valence-electron chi connectivity index (χ3n) is 4.34. The highest BCUT2D eigenvalue weighted by molar-refractivity contribution is 14.0. The van der Waals surface area contributed by atoms with Gasteiger partial charge in [-0.3, -0.25) is 4.99 Å². The molecule has 1 aliphatic heterocycles. The second-order valence-electron chi connectivity index (χ2n) is 6.31. The summed E-state index contributed by atoms with van der Waals surface area (Å²) in [5.41, 5.74) is 0. The molecule has 1 aromatic carbocycles. The zero-order valence-electron chi connectivity index (χ0n) is 15.9. The van der Waals surface area contributed by atoms with Crippen LogP contribution >= 0.6 is 24.0 Å². The molecule has 1 atom stereocenters. The summed E-state index contributed by atoms with van der Waals surface area (Å²) >= 11 is 0. The van der Waals surface area contributed by atoms with Gasteiger partial charge >= 0.3 is 0 Å². The fourth-order valence-corrected chi connectivity index (χ4v) is 2.99. The lowest BCUT2D eigenvalue weighted by Gasteiger charge is -2.20. The number of aromatic nitrogens is 1. The van der Waals surface area contributed by atoms with Crippen LogP contribution in [0.5, 0.6) is 5.75 Å². The second-order valence-corrected chi connectivity index (χ2v) is 6.31. The molecule has 29 heavy (non-hydrogen) atoms. The number of anilines is 1. The normalized spacial score (nSPS) is 16.3. The summed E-state index contributed by atoms with van der Waals surface area (Å²) in [6.07, 6.45) is 2.39. The molecule has 2 N–H and O–H groups in total. The first-order valence-electron chi connectivity index (χ1n) is 8.97. The Balaban J connectivity index is 0.00000300. The van der Waals surface area contributed by atoms with Gasteiger partial charge in [0, 0.05) is 38.4 Å². The van der Waals surface area contributed by atoms with Gasteiger partial charge < -0.3 is 20.3 Å². The van der Waals surface area contributed by atoms with Crippen LogP contribution in [0.25, 0.3) is 0 Å². The van der Waals surface area contributed by atoms with E-state index >= 15 is 0 Å². The van der Waals surface area contributed by atoms with Gasteiger partial charge in [0.15, 0.2) is 29.2 Å². The van der Waals surface area contributed by atoms with Crippen molar-refractivity contribution in [1.29, 1.82) is 0 Å². The Kier molecular flexibility index (Phi) is 8.80. The van der Waals surface area contributed by atoms with Gasteiger partial charge in [0.25, 0.3) is 0 Å². The van der Waals surface area contributed by atoms with Crippen LogP contribution in [0.3, 0.4) is 0 Å². The number of hydrogen-bond donors (Lipinski definition) is 2. The van der Waals surface area contributed by atoms with Crippen molar-refractivity contribution >= 4 is 35.8 Å². The monoisotopic (exact) mass is 521 g/mol. The zero-order valence-corrected chi connectivity index (χ0v) is 18.2. The van der Waals surface area contributed by atoms with Gasteiger partial charge in [-0.1, -0.05) is 0 Å². The summed E-state index contributed by atoms with van der Waals surface area (Å²) in [7, 11) is 1.64. The highest BCUT2D eigenvalue weighted by Crippen LogP contribution is 2.20. The average Bonchev–Trinajstić information content (AvgIpc) is 3.14. The van der Waals surface area contributed by atoms with Crippen molar-refractivity contribution in [2.24, 2.45) is 4.99 Å². The lowest BCUT2D eigenvalue weighted by atomic mass is 10.3. The highest BCUT2D eigenvalue weighted by Gasteiger charge is 2.25. The Hall–Kier alpha value is -2.24. The van der Waals surface area contributed by atoms with E-state index in [4.69, 9.17) is 4.74 Å². The summed E-state index contributed by atoms with van der Waals surface area (Å²) in [6.45, 7) is 1.85. The number of pyridine rings is 1. The van der Waals surface area contributed by atoms with Crippen molar-refractivity contribution in [2.45, 2.75) is 12.5 Å². The number of hydrogen-bond acceptors (Lipinski definition) is 4. The predicted octanol–water partition coefficient (Wildman–Crippen LogP) is 2.94. The van der Waals surface area contributed by atoms with Crippen LogP contribution in [0.2, 0.25) is 0 Å². The van der Waals surface area contributed by atoms with Gasteiger partial charge in [-0.15, -0.1) is 24.0 Å². The average molecular weight is 521 g/mol. The minimum absolute atomic E-state index is 0. The van der Waals surface area contributed by atoms with Crippen LogP contribution in [0.15, 0.2) is 41.5 Å². The fraction of sp³-hybridized carbons (Fsp3) is 0.368. The second kappa shape index (κ2) is 11.1. The molecule has 0 spiro atoms. The molecule has 0 amide bonds. The van der Waals surface area contributed by atoms with Crippen LogP contribution in [-0.4, -0.2) is 50.3 Å². The third kappa shape index (κ3) is 6.38. The predicted molar refractivity (Wildman–Crippen MR) is 117 cm³/mol. The van der Waals surface area contributed by atoms with Crippen LogP contribution in [0, 0.1) is 17.5 Å². The molecule has 6 nitrogen and oxygen atoms in total. The first kappa shape index (κ1) is 23.0. The lowest BCUT2D eigenvalue weighted by molar-refractivity contribution is 0.304. The van der Waals surface area contributed by atoms with Crippen molar-refractivity contribution in [1.82, 2.24) is 15.6 Å². The molecular formula is C19H23F3IN5O. The Morgan fingerprint density at radius 1 is 1.28 bits per heavy atom. The molecule has 1 fully saturated rings. The molecule has 3 rings (SSSR count).